The summed E-state index contributed by atoms with van der Waals surface area (Å²) in [5.41, 5.74) is 9.45. The van der Waals surface area contributed by atoms with Gasteiger partial charge in [0, 0.05) is 33.7 Å². The van der Waals surface area contributed by atoms with Crippen molar-refractivity contribution in [3.8, 4) is 11.8 Å². The molecule has 1 aliphatic rings. The van der Waals surface area contributed by atoms with Crippen molar-refractivity contribution in [1.82, 2.24) is 9.13 Å². The van der Waals surface area contributed by atoms with E-state index in [0.29, 0.717) is 5.56 Å². The highest BCUT2D eigenvalue weighted by Crippen LogP contribution is 2.43. The summed E-state index contributed by atoms with van der Waals surface area (Å²) in [5, 5.41) is 16.0. The zero-order chi connectivity index (χ0) is 28.6. The minimum Gasteiger partial charge on any atom is -0.316 e. The van der Waals surface area contributed by atoms with E-state index in [0.717, 1.165) is 31.2 Å². The van der Waals surface area contributed by atoms with Crippen molar-refractivity contribution in [3.05, 3.63) is 127 Å². The van der Waals surface area contributed by atoms with Crippen LogP contribution in [0.1, 0.15) is 50.7 Å². The van der Waals surface area contributed by atoms with Gasteiger partial charge in [0.2, 0.25) is 0 Å². The van der Waals surface area contributed by atoms with E-state index in [-0.39, 0.29) is 0 Å². The average Bonchev–Trinajstić information content (AvgIpc) is 3.62. The molecule has 0 fully saturated rings. The molecule has 0 N–H and O–H groups in total. The van der Waals surface area contributed by atoms with Gasteiger partial charge in [-0.1, -0.05) is 80.6 Å². The predicted octanol–water partition coefficient (Wildman–Crippen LogP) is 10.7. The van der Waals surface area contributed by atoms with Crippen molar-refractivity contribution in [2.45, 2.75) is 39.5 Å². The Morgan fingerprint density at radius 3 is 2.43 bits per heavy atom. The lowest BCUT2D eigenvalue weighted by Crippen LogP contribution is -2.00. The summed E-state index contributed by atoms with van der Waals surface area (Å²) in [5.74, 6) is 0. The molecule has 1 aliphatic carbocycles. The van der Waals surface area contributed by atoms with Crippen LogP contribution in [0.15, 0.2) is 115 Å². The predicted molar refractivity (Wildman–Crippen MR) is 178 cm³/mol. The quantitative estimate of drug-likeness (QED) is 0.204. The topological polar surface area (TPSA) is 33.6 Å². The fourth-order valence-corrected chi connectivity index (χ4v) is 6.69. The molecule has 0 spiro atoms. The molecule has 0 aliphatic heterocycles. The third-order valence-electron chi connectivity index (χ3n) is 8.52. The second-order valence-corrected chi connectivity index (χ2v) is 10.8. The zero-order valence-corrected chi connectivity index (χ0v) is 24.1. The smallest absolute Gasteiger partial charge is 0.0991 e. The number of hydrogen-bond acceptors (Lipinski definition) is 1. The van der Waals surface area contributed by atoms with E-state index < -0.39 is 0 Å². The van der Waals surface area contributed by atoms with Crippen LogP contribution in [0, 0.1) is 11.3 Å². The molecule has 7 aromatic rings. The van der Waals surface area contributed by atoms with Gasteiger partial charge in [0.1, 0.15) is 0 Å². The summed E-state index contributed by atoms with van der Waals surface area (Å²) in [6.45, 7) is 4.00. The number of hydrogen-bond donors (Lipinski definition) is 0. The SMILES string of the molecule is CC.N#Cc1cccc(/C2=C/CCC/C(n3c4cccc5ccc6c7ccn(-c8ccccc8)c7cc3c6c54)=C\C2)c1. The highest BCUT2D eigenvalue weighted by Gasteiger charge is 2.21. The Bertz CT molecular complexity index is 2160. The summed E-state index contributed by atoms with van der Waals surface area (Å²) in [6, 6.07) is 36.9. The van der Waals surface area contributed by atoms with Crippen LogP contribution in [-0.4, -0.2) is 9.13 Å². The maximum atomic E-state index is 9.44. The number of rotatable bonds is 3. The summed E-state index contributed by atoms with van der Waals surface area (Å²) >= 11 is 0. The molecule has 5 aromatic carbocycles. The number of para-hydroxylation sites is 1. The van der Waals surface area contributed by atoms with Crippen LogP contribution in [-0.2, 0) is 0 Å². The molecule has 3 heteroatoms. The number of fused-ring (bicyclic) bond motifs is 2. The Morgan fingerprint density at radius 1 is 0.714 bits per heavy atom. The summed E-state index contributed by atoms with van der Waals surface area (Å²) < 4.78 is 4.84. The lowest BCUT2D eigenvalue weighted by molar-refractivity contribution is 0.844. The molecule has 8 rings (SSSR count). The summed E-state index contributed by atoms with van der Waals surface area (Å²) in [4.78, 5) is 0. The van der Waals surface area contributed by atoms with Crippen molar-refractivity contribution >= 4 is 54.8 Å². The third-order valence-corrected chi connectivity index (χ3v) is 8.52. The van der Waals surface area contributed by atoms with Crippen LogP contribution in [0.25, 0.3) is 60.4 Å². The molecule has 2 aromatic heterocycles. The van der Waals surface area contributed by atoms with Crippen molar-refractivity contribution in [2.24, 2.45) is 0 Å². The maximum Gasteiger partial charge on any atom is 0.0991 e. The monoisotopic (exact) mass is 543 g/mol. The number of allylic oxidation sites excluding steroid dienone is 4. The fraction of sp³-hybridized carbons (Fsp3) is 0.154. The van der Waals surface area contributed by atoms with Gasteiger partial charge < -0.3 is 9.13 Å². The summed E-state index contributed by atoms with van der Waals surface area (Å²) in [6.07, 6.45) is 11.0. The van der Waals surface area contributed by atoms with E-state index in [1.54, 1.807) is 0 Å². The van der Waals surface area contributed by atoms with Crippen LogP contribution in [0.4, 0.5) is 0 Å². The first-order chi connectivity index (χ1) is 20.8. The normalized spacial score (nSPS) is 16.3. The molecule has 0 atom stereocenters. The Hall–Kier alpha value is -5.07. The average molecular weight is 544 g/mol. The van der Waals surface area contributed by atoms with E-state index in [9.17, 15) is 5.26 Å². The largest absolute Gasteiger partial charge is 0.316 e. The Morgan fingerprint density at radius 2 is 1.57 bits per heavy atom. The van der Waals surface area contributed by atoms with Gasteiger partial charge in [-0.25, -0.2) is 0 Å². The second-order valence-electron chi connectivity index (χ2n) is 10.8. The van der Waals surface area contributed by atoms with Gasteiger partial charge in [0.15, 0.2) is 0 Å². The van der Waals surface area contributed by atoms with E-state index in [4.69, 9.17) is 0 Å². The molecular formula is C39H33N3. The van der Waals surface area contributed by atoms with E-state index in [1.165, 1.54) is 60.4 Å². The molecule has 0 bridgehead atoms. The highest BCUT2D eigenvalue weighted by molar-refractivity contribution is 6.30. The van der Waals surface area contributed by atoms with Crippen LogP contribution in [0.5, 0.6) is 0 Å². The Balaban J connectivity index is 0.00000141. The van der Waals surface area contributed by atoms with Gasteiger partial charge in [0.25, 0.3) is 0 Å². The minimum absolute atomic E-state index is 0.712. The first-order valence-electron chi connectivity index (χ1n) is 15.0. The number of nitriles is 1. The van der Waals surface area contributed by atoms with Gasteiger partial charge in [-0.15, -0.1) is 0 Å². The van der Waals surface area contributed by atoms with Crippen molar-refractivity contribution in [3.63, 3.8) is 0 Å². The molecule has 204 valence electrons. The second kappa shape index (κ2) is 10.7. The minimum atomic E-state index is 0.712. The lowest BCUT2D eigenvalue weighted by atomic mass is 9.96. The number of aromatic nitrogens is 2. The molecule has 0 saturated heterocycles. The van der Waals surface area contributed by atoms with Gasteiger partial charge in [-0.05, 0) is 90.1 Å². The molecule has 42 heavy (non-hydrogen) atoms. The van der Waals surface area contributed by atoms with Gasteiger partial charge >= 0.3 is 0 Å². The molecule has 2 heterocycles. The standard InChI is InChI=1S/C37H27N3.C2H6/c38-24-25-8-6-11-28(22-25)26-9-4-5-14-30(18-16-26)40-33-15-7-10-27-17-19-32-31-20-21-39(29-12-2-1-3-13-29)34(31)23-35(40)37(32)36(27)33;1-2/h1-3,6-13,15,17-23H,4-5,14,16H2;1-2H3/b26-9+,30-18+;. The van der Waals surface area contributed by atoms with Crippen molar-refractivity contribution in [2.75, 3.05) is 0 Å². The van der Waals surface area contributed by atoms with Gasteiger partial charge in [0.05, 0.1) is 28.2 Å². The molecule has 0 radical (unpaired) electrons. The third kappa shape index (κ3) is 4.11. The van der Waals surface area contributed by atoms with Crippen LogP contribution >= 0.6 is 0 Å². The fourth-order valence-electron chi connectivity index (χ4n) is 6.69. The van der Waals surface area contributed by atoms with E-state index in [2.05, 4.69) is 112 Å². The molecule has 0 saturated carbocycles. The van der Waals surface area contributed by atoms with Crippen molar-refractivity contribution < 1.29 is 0 Å². The number of benzene rings is 5. The van der Waals surface area contributed by atoms with Gasteiger partial charge in [-0.3, -0.25) is 0 Å². The van der Waals surface area contributed by atoms with Gasteiger partial charge in [-0.2, -0.15) is 5.26 Å². The lowest BCUT2D eigenvalue weighted by Gasteiger charge is -2.17. The summed E-state index contributed by atoms with van der Waals surface area (Å²) in [7, 11) is 0. The first kappa shape index (κ1) is 25.9. The van der Waals surface area contributed by atoms with E-state index in [1.807, 2.05) is 32.0 Å². The first-order valence-corrected chi connectivity index (χ1v) is 15.0. The van der Waals surface area contributed by atoms with Crippen molar-refractivity contribution in [1.29, 1.82) is 5.26 Å². The Kier molecular flexibility index (Phi) is 6.61. The molecule has 3 nitrogen and oxygen atoms in total. The Labute approximate surface area is 246 Å². The number of nitrogens with zero attached hydrogens (tertiary/aromatic N) is 3. The van der Waals surface area contributed by atoms with Crippen LogP contribution in [0.3, 0.4) is 0 Å². The van der Waals surface area contributed by atoms with Crippen LogP contribution < -0.4 is 0 Å². The maximum absolute atomic E-state index is 9.44. The van der Waals surface area contributed by atoms with Crippen LogP contribution in [0.2, 0.25) is 0 Å². The molecular weight excluding hydrogens is 510 g/mol. The molecule has 0 unspecified atom stereocenters. The zero-order valence-electron chi connectivity index (χ0n) is 24.1. The highest BCUT2D eigenvalue weighted by atomic mass is 15.0. The van der Waals surface area contributed by atoms with E-state index >= 15 is 0 Å². The molecule has 0 amide bonds.